The van der Waals surface area contributed by atoms with E-state index in [0.29, 0.717) is 0 Å². The van der Waals surface area contributed by atoms with Crippen LogP contribution < -0.4 is 0 Å². The van der Waals surface area contributed by atoms with Crippen LogP contribution in [0.3, 0.4) is 0 Å². The van der Waals surface area contributed by atoms with Gasteiger partial charge in [-0.1, -0.05) is 36.4 Å². The van der Waals surface area contributed by atoms with E-state index < -0.39 is 0 Å². The minimum absolute atomic E-state index is 0.999. The van der Waals surface area contributed by atoms with Gasteiger partial charge in [-0.05, 0) is 6.07 Å². The van der Waals surface area contributed by atoms with Crippen LogP contribution in [0.4, 0.5) is 0 Å². The normalized spacial score (nSPS) is 8.40. The molecule has 0 fully saturated rings. The molecule has 0 aromatic carbocycles. The monoisotopic (exact) mass is 252 g/mol. The Morgan fingerprint density at radius 1 is 1.60 bits per heavy atom. The van der Waals surface area contributed by atoms with Gasteiger partial charge in [0.15, 0.2) is 0 Å². The number of rotatable bonds is 1. The van der Waals surface area contributed by atoms with Crippen LogP contribution in [0.2, 0.25) is 0 Å². The van der Waals surface area contributed by atoms with Gasteiger partial charge in [0.25, 0.3) is 0 Å². The van der Waals surface area contributed by atoms with Crippen LogP contribution in [0, 0.1) is 0 Å². The molecule has 0 saturated heterocycles. The molecule has 10 heavy (non-hydrogen) atoms. The second kappa shape index (κ2) is 5.70. The fourth-order valence-corrected chi connectivity index (χ4v) is 0.941. The summed E-state index contributed by atoms with van der Waals surface area (Å²) in [5.74, 6) is 0. The molecular weight excluding hydrogens is 239 g/mol. The first-order valence-corrected chi connectivity index (χ1v) is 4.90. The van der Waals surface area contributed by atoms with Crippen LogP contribution in [-0.4, -0.2) is 9.78 Å². The molecule has 1 heterocycles. The summed E-state index contributed by atoms with van der Waals surface area (Å²) in [6, 6.07) is 2.02. The predicted molar refractivity (Wildman–Crippen MR) is 52.3 cm³/mol. The molecule has 0 spiro atoms. The van der Waals surface area contributed by atoms with Crippen molar-refractivity contribution in [2.24, 2.45) is 7.05 Å². The van der Waals surface area contributed by atoms with E-state index in [2.05, 4.69) is 27.7 Å². The number of hydrogen-bond donors (Lipinski definition) is 0. The molecule has 0 aliphatic carbocycles. The van der Waals surface area contributed by atoms with Crippen molar-refractivity contribution in [1.29, 1.82) is 0 Å². The molecule has 1 aromatic heterocycles. The first-order valence-electron chi connectivity index (χ1n) is 3.37. The fraction of sp³-hybridized carbons (Fsp3) is 0.571. The predicted octanol–water partition coefficient (Wildman–Crippen LogP) is 2.38. The molecule has 0 N–H and O–H groups in total. The van der Waals surface area contributed by atoms with E-state index >= 15 is 0 Å². The molecule has 1 aromatic rings. The zero-order chi connectivity index (χ0) is 7.98. The lowest BCUT2D eigenvalue weighted by molar-refractivity contribution is 0.756. The molecule has 0 atom stereocenters. The first kappa shape index (κ1) is 9.94. The zero-order valence-corrected chi connectivity index (χ0v) is 8.79. The lowest BCUT2D eigenvalue weighted by atomic mass is 10.5. The molecular formula is C7H13IN2. The summed E-state index contributed by atoms with van der Waals surface area (Å²) < 4.78 is 2.81. The molecule has 0 bridgehead atoms. The van der Waals surface area contributed by atoms with Crippen LogP contribution in [-0.2, 0) is 11.5 Å². The van der Waals surface area contributed by atoms with Crippen molar-refractivity contribution in [2.75, 3.05) is 0 Å². The van der Waals surface area contributed by atoms with Crippen molar-refractivity contribution in [1.82, 2.24) is 9.78 Å². The van der Waals surface area contributed by atoms with Gasteiger partial charge in [0, 0.05) is 17.7 Å². The number of nitrogens with zero attached hydrogens (tertiary/aromatic N) is 2. The third-order valence-corrected chi connectivity index (χ3v) is 1.69. The zero-order valence-electron chi connectivity index (χ0n) is 6.63. The molecule has 0 aliphatic rings. The topological polar surface area (TPSA) is 17.8 Å². The molecule has 58 valence electrons. The van der Waals surface area contributed by atoms with Gasteiger partial charge in [-0.15, -0.1) is 0 Å². The average molecular weight is 252 g/mol. The fourth-order valence-electron chi connectivity index (χ4n) is 0.534. The van der Waals surface area contributed by atoms with Crippen molar-refractivity contribution >= 4 is 22.6 Å². The van der Waals surface area contributed by atoms with E-state index in [4.69, 9.17) is 0 Å². The third-order valence-electron chi connectivity index (χ3n) is 0.906. The molecule has 0 unspecified atom stereocenters. The van der Waals surface area contributed by atoms with E-state index in [0.717, 1.165) is 10.1 Å². The van der Waals surface area contributed by atoms with E-state index in [1.165, 1.54) is 0 Å². The van der Waals surface area contributed by atoms with Gasteiger partial charge in [-0.2, -0.15) is 5.10 Å². The minimum Gasteiger partial charge on any atom is -0.276 e. The van der Waals surface area contributed by atoms with E-state index in [9.17, 15) is 0 Å². The highest BCUT2D eigenvalue weighted by Crippen LogP contribution is 1.99. The SMILES string of the molecule is CC.Cn1ccc(CI)n1. The van der Waals surface area contributed by atoms with Crippen LogP contribution in [0.25, 0.3) is 0 Å². The van der Waals surface area contributed by atoms with Gasteiger partial charge in [0.1, 0.15) is 0 Å². The van der Waals surface area contributed by atoms with Gasteiger partial charge >= 0.3 is 0 Å². The maximum absolute atomic E-state index is 4.14. The van der Waals surface area contributed by atoms with Gasteiger partial charge in [-0.3, -0.25) is 4.68 Å². The highest BCUT2D eigenvalue weighted by Gasteiger charge is 1.89. The summed E-state index contributed by atoms with van der Waals surface area (Å²) in [5, 5.41) is 4.14. The Balaban J connectivity index is 0.000000371. The summed E-state index contributed by atoms with van der Waals surface area (Å²) in [6.07, 6.45) is 1.95. The number of alkyl halides is 1. The Kier molecular flexibility index (Phi) is 5.67. The van der Waals surface area contributed by atoms with Crippen molar-refractivity contribution in [3.05, 3.63) is 18.0 Å². The van der Waals surface area contributed by atoms with Crippen molar-refractivity contribution < 1.29 is 0 Å². The summed E-state index contributed by atoms with van der Waals surface area (Å²) in [7, 11) is 1.93. The lowest BCUT2D eigenvalue weighted by Gasteiger charge is -1.82. The summed E-state index contributed by atoms with van der Waals surface area (Å²) in [5.41, 5.74) is 1.15. The van der Waals surface area contributed by atoms with E-state index in [1.807, 2.05) is 37.8 Å². The van der Waals surface area contributed by atoms with Crippen molar-refractivity contribution in [3.63, 3.8) is 0 Å². The molecule has 0 radical (unpaired) electrons. The van der Waals surface area contributed by atoms with Crippen molar-refractivity contribution in [3.8, 4) is 0 Å². The molecule has 3 heteroatoms. The van der Waals surface area contributed by atoms with Gasteiger partial charge in [0.2, 0.25) is 0 Å². The quantitative estimate of drug-likeness (QED) is 0.554. The Morgan fingerprint density at radius 3 is 2.40 bits per heavy atom. The lowest BCUT2D eigenvalue weighted by Crippen LogP contribution is -1.87. The van der Waals surface area contributed by atoms with Crippen molar-refractivity contribution in [2.45, 2.75) is 18.3 Å². The maximum Gasteiger partial charge on any atom is 0.0721 e. The molecule has 1 rings (SSSR count). The van der Waals surface area contributed by atoms with Gasteiger partial charge in [0.05, 0.1) is 5.69 Å². The Labute approximate surface area is 75.8 Å². The van der Waals surface area contributed by atoms with Gasteiger partial charge < -0.3 is 0 Å². The standard InChI is InChI=1S/C5H7IN2.C2H6/c1-8-3-2-5(4-6)7-8;1-2/h2-3H,4H2,1H3;1-2H3. The van der Waals surface area contributed by atoms with Crippen LogP contribution in [0.15, 0.2) is 12.3 Å². The molecule has 0 saturated carbocycles. The maximum atomic E-state index is 4.14. The number of aryl methyl sites for hydroxylation is 1. The van der Waals surface area contributed by atoms with Crippen LogP contribution in [0.1, 0.15) is 19.5 Å². The Bertz CT molecular complexity index is 172. The Morgan fingerprint density at radius 2 is 2.20 bits per heavy atom. The third kappa shape index (κ3) is 3.20. The highest BCUT2D eigenvalue weighted by molar-refractivity contribution is 14.1. The minimum atomic E-state index is 0.999. The smallest absolute Gasteiger partial charge is 0.0721 e. The highest BCUT2D eigenvalue weighted by atomic mass is 127. The summed E-state index contributed by atoms with van der Waals surface area (Å²) in [6.45, 7) is 4.00. The number of hydrogen-bond acceptors (Lipinski definition) is 1. The largest absolute Gasteiger partial charge is 0.276 e. The molecule has 2 nitrogen and oxygen atoms in total. The van der Waals surface area contributed by atoms with E-state index in [1.54, 1.807) is 0 Å². The number of halogens is 1. The van der Waals surface area contributed by atoms with E-state index in [-0.39, 0.29) is 0 Å². The second-order valence-corrected chi connectivity index (χ2v) is 2.38. The van der Waals surface area contributed by atoms with Crippen LogP contribution >= 0.6 is 22.6 Å². The average Bonchev–Trinajstić information content (AvgIpc) is 2.40. The Hall–Kier alpha value is -0.0600. The molecule has 0 aliphatic heterocycles. The van der Waals surface area contributed by atoms with Crippen LogP contribution in [0.5, 0.6) is 0 Å². The second-order valence-electron chi connectivity index (χ2n) is 1.61. The summed E-state index contributed by atoms with van der Waals surface area (Å²) in [4.78, 5) is 0. The first-order chi connectivity index (χ1) is 4.83. The number of aromatic nitrogens is 2. The molecule has 0 amide bonds. The summed E-state index contributed by atoms with van der Waals surface area (Å²) >= 11 is 2.29. The van der Waals surface area contributed by atoms with Gasteiger partial charge in [-0.25, -0.2) is 0 Å².